The van der Waals surface area contributed by atoms with Gasteiger partial charge in [-0.2, -0.15) is 0 Å². The summed E-state index contributed by atoms with van der Waals surface area (Å²) in [6.07, 6.45) is 5.05. The van der Waals surface area contributed by atoms with Gasteiger partial charge in [-0.05, 0) is 49.6 Å². The molecule has 0 radical (unpaired) electrons. The van der Waals surface area contributed by atoms with Crippen LogP contribution < -0.4 is 0 Å². The molecule has 0 bridgehead atoms. The maximum absolute atomic E-state index is 12.5. The van der Waals surface area contributed by atoms with Crippen molar-refractivity contribution in [1.82, 2.24) is 14.8 Å². The molecule has 27 heavy (non-hydrogen) atoms. The molecule has 140 valence electrons. The summed E-state index contributed by atoms with van der Waals surface area (Å²) in [5.74, 6) is -0.496. The number of nitrogens with zero attached hydrogens (tertiary/aromatic N) is 3. The van der Waals surface area contributed by atoms with Gasteiger partial charge in [-0.25, -0.2) is 0 Å². The quantitative estimate of drug-likeness (QED) is 0.674. The molecule has 0 saturated carbocycles. The van der Waals surface area contributed by atoms with Gasteiger partial charge in [-0.15, -0.1) is 0 Å². The van der Waals surface area contributed by atoms with E-state index < -0.39 is 0 Å². The van der Waals surface area contributed by atoms with Gasteiger partial charge in [0.15, 0.2) is 0 Å². The molecule has 6 nitrogen and oxygen atoms in total. The predicted molar refractivity (Wildman–Crippen MR) is 101 cm³/mol. The van der Waals surface area contributed by atoms with Crippen LogP contribution in [0.1, 0.15) is 46.0 Å². The SMILES string of the molecule is CCN(CCc1ccncc1)C(=O)CCCN1C(=O)c2ccccc2C1=O. The number of fused-ring (bicyclic) bond motifs is 1. The number of rotatable bonds is 8. The highest BCUT2D eigenvalue weighted by Crippen LogP contribution is 2.22. The number of amides is 3. The van der Waals surface area contributed by atoms with Crippen molar-refractivity contribution in [3.05, 3.63) is 65.5 Å². The van der Waals surface area contributed by atoms with Crippen molar-refractivity contribution < 1.29 is 14.4 Å². The molecule has 0 saturated heterocycles. The van der Waals surface area contributed by atoms with E-state index in [0.29, 0.717) is 37.1 Å². The lowest BCUT2D eigenvalue weighted by Gasteiger charge is -2.21. The lowest BCUT2D eigenvalue weighted by atomic mass is 10.1. The Bertz CT molecular complexity index is 801. The topological polar surface area (TPSA) is 70.6 Å². The van der Waals surface area contributed by atoms with Crippen LogP contribution in [0.2, 0.25) is 0 Å². The molecule has 0 atom stereocenters. The number of hydrogen-bond donors (Lipinski definition) is 0. The summed E-state index contributed by atoms with van der Waals surface area (Å²) in [5, 5.41) is 0. The highest BCUT2D eigenvalue weighted by Gasteiger charge is 2.34. The first kappa shape index (κ1) is 18.8. The number of aromatic nitrogens is 1. The highest BCUT2D eigenvalue weighted by atomic mass is 16.2. The second kappa shape index (κ2) is 8.58. The maximum atomic E-state index is 12.5. The van der Waals surface area contributed by atoms with Gasteiger partial charge in [0.1, 0.15) is 0 Å². The minimum Gasteiger partial charge on any atom is -0.343 e. The lowest BCUT2D eigenvalue weighted by Crippen LogP contribution is -2.34. The van der Waals surface area contributed by atoms with E-state index in [2.05, 4.69) is 4.98 Å². The first-order chi connectivity index (χ1) is 13.1. The van der Waals surface area contributed by atoms with E-state index in [1.807, 2.05) is 24.0 Å². The number of likely N-dealkylation sites (N-methyl/N-ethyl adjacent to an activating group) is 1. The van der Waals surface area contributed by atoms with Gasteiger partial charge in [0, 0.05) is 38.4 Å². The van der Waals surface area contributed by atoms with Crippen LogP contribution in [0, 0.1) is 0 Å². The molecule has 6 heteroatoms. The van der Waals surface area contributed by atoms with Gasteiger partial charge in [-0.3, -0.25) is 24.3 Å². The number of pyridine rings is 1. The van der Waals surface area contributed by atoms with Crippen molar-refractivity contribution in [3.8, 4) is 0 Å². The van der Waals surface area contributed by atoms with Crippen molar-refractivity contribution in [3.63, 3.8) is 0 Å². The Morgan fingerprint density at radius 3 is 2.26 bits per heavy atom. The number of imide groups is 1. The van der Waals surface area contributed by atoms with Gasteiger partial charge in [0.05, 0.1) is 11.1 Å². The standard InChI is InChI=1S/C21H23N3O3/c1-2-23(15-11-16-9-12-22-13-10-16)19(25)8-5-14-24-20(26)17-6-3-4-7-18(17)21(24)27/h3-4,6-7,9-10,12-13H,2,5,8,11,14-15H2,1H3. The van der Waals surface area contributed by atoms with Gasteiger partial charge >= 0.3 is 0 Å². The van der Waals surface area contributed by atoms with E-state index in [0.717, 1.165) is 12.0 Å². The first-order valence-corrected chi connectivity index (χ1v) is 9.23. The summed E-state index contributed by atoms with van der Waals surface area (Å²) in [7, 11) is 0. The molecule has 1 aromatic heterocycles. The molecule has 0 spiro atoms. The average Bonchev–Trinajstić information content (AvgIpc) is 2.94. The van der Waals surface area contributed by atoms with E-state index in [1.54, 1.807) is 36.7 Å². The second-order valence-electron chi connectivity index (χ2n) is 6.49. The van der Waals surface area contributed by atoms with E-state index in [4.69, 9.17) is 0 Å². The number of hydrogen-bond acceptors (Lipinski definition) is 4. The molecule has 0 unspecified atom stereocenters. The fourth-order valence-corrected chi connectivity index (χ4v) is 3.26. The summed E-state index contributed by atoms with van der Waals surface area (Å²) in [6, 6.07) is 10.7. The summed E-state index contributed by atoms with van der Waals surface area (Å²) < 4.78 is 0. The Hall–Kier alpha value is -3.02. The average molecular weight is 365 g/mol. The summed E-state index contributed by atoms with van der Waals surface area (Å²) in [6.45, 7) is 3.50. The Morgan fingerprint density at radius 1 is 1.04 bits per heavy atom. The maximum Gasteiger partial charge on any atom is 0.261 e. The Morgan fingerprint density at radius 2 is 1.67 bits per heavy atom. The molecular weight excluding hydrogens is 342 g/mol. The molecule has 3 amide bonds. The molecular formula is C21H23N3O3. The van der Waals surface area contributed by atoms with E-state index in [-0.39, 0.29) is 24.3 Å². The van der Waals surface area contributed by atoms with Crippen LogP contribution in [0.4, 0.5) is 0 Å². The summed E-state index contributed by atoms with van der Waals surface area (Å²) in [5.41, 5.74) is 2.03. The highest BCUT2D eigenvalue weighted by molar-refractivity contribution is 6.21. The van der Waals surface area contributed by atoms with Crippen molar-refractivity contribution in [2.75, 3.05) is 19.6 Å². The zero-order valence-corrected chi connectivity index (χ0v) is 15.4. The van der Waals surface area contributed by atoms with Crippen LogP contribution in [0.5, 0.6) is 0 Å². The third kappa shape index (κ3) is 4.22. The Balaban J connectivity index is 1.49. The Labute approximate surface area is 158 Å². The third-order valence-electron chi connectivity index (χ3n) is 4.80. The monoisotopic (exact) mass is 365 g/mol. The number of carbonyl (C=O) groups is 3. The number of carbonyl (C=O) groups excluding carboxylic acids is 3. The fourth-order valence-electron chi connectivity index (χ4n) is 3.26. The summed E-state index contributed by atoms with van der Waals surface area (Å²) in [4.78, 5) is 44.2. The zero-order valence-electron chi connectivity index (χ0n) is 15.4. The van der Waals surface area contributed by atoms with Gasteiger partial charge in [0.25, 0.3) is 11.8 Å². The first-order valence-electron chi connectivity index (χ1n) is 9.23. The second-order valence-corrected chi connectivity index (χ2v) is 6.49. The van der Waals surface area contributed by atoms with Crippen LogP contribution in [0.25, 0.3) is 0 Å². The number of benzene rings is 1. The van der Waals surface area contributed by atoms with Crippen molar-refractivity contribution >= 4 is 17.7 Å². The molecule has 0 aliphatic carbocycles. The smallest absolute Gasteiger partial charge is 0.261 e. The normalized spacial score (nSPS) is 13.0. The van der Waals surface area contributed by atoms with Crippen LogP contribution in [-0.4, -0.2) is 52.1 Å². The van der Waals surface area contributed by atoms with Crippen LogP contribution in [0.15, 0.2) is 48.8 Å². The van der Waals surface area contributed by atoms with Crippen molar-refractivity contribution in [2.45, 2.75) is 26.2 Å². The molecule has 3 rings (SSSR count). The van der Waals surface area contributed by atoms with Crippen LogP contribution in [0.3, 0.4) is 0 Å². The molecule has 2 aromatic rings. The lowest BCUT2D eigenvalue weighted by molar-refractivity contribution is -0.131. The predicted octanol–water partition coefficient (Wildman–Crippen LogP) is 2.55. The van der Waals surface area contributed by atoms with Crippen molar-refractivity contribution in [2.24, 2.45) is 0 Å². The molecule has 1 aromatic carbocycles. The minimum absolute atomic E-state index is 0.0446. The van der Waals surface area contributed by atoms with Crippen LogP contribution in [-0.2, 0) is 11.2 Å². The largest absolute Gasteiger partial charge is 0.343 e. The summed E-state index contributed by atoms with van der Waals surface area (Å²) >= 11 is 0. The fraction of sp³-hybridized carbons (Fsp3) is 0.333. The molecule has 0 N–H and O–H groups in total. The zero-order chi connectivity index (χ0) is 19.2. The Kier molecular flexibility index (Phi) is 5.96. The van der Waals surface area contributed by atoms with E-state index >= 15 is 0 Å². The van der Waals surface area contributed by atoms with Gasteiger partial charge in [0.2, 0.25) is 5.91 Å². The van der Waals surface area contributed by atoms with Crippen molar-refractivity contribution in [1.29, 1.82) is 0 Å². The molecule has 0 fully saturated rings. The molecule has 1 aliphatic rings. The van der Waals surface area contributed by atoms with E-state index in [9.17, 15) is 14.4 Å². The molecule has 2 heterocycles. The van der Waals surface area contributed by atoms with Crippen LogP contribution >= 0.6 is 0 Å². The minimum atomic E-state index is -0.270. The van der Waals surface area contributed by atoms with Gasteiger partial charge in [-0.1, -0.05) is 12.1 Å². The van der Waals surface area contributed by atoms with E-state index in [1.165, 1.54) is 4.90 Å². The van der Waals surface area contributed by atoms with Gasteiger partial charge < -0.3 is 4.90 Å². The molecule has 1 aliphatic heterocycles. The third-order valence-corrected chi connectivity index (χ3v) is 4.80.